The van der Waals surface area contributed by atoms with Crippen molar-refractivity contribution in [3.63, 3.8) is 0 Å². The first kappa shape index (κ1) is 19.7. The number of hydrogen-bond acceptors (Lipinski definition) is 5. The molecule has 0 spiro atoms. The van der Waals surface area contributed by atoms with Crippen LogP contribution < -0.4 is 10.6 Å². The predicted molar refractivity (Wildman–Crippen MR) is 120 cm³/mol. The fourth-order valence-corrected chi connectivity index (χ4v) is 3.61. The number of rotatable bonds is 6. The molecule has 0 aromatic heterocycles. The summed E-state index contributed by atoms with van der Waals surface area (Å²) >= 11 is 0. The van der Waals surface area contributed by atoms with E-state index in [2.05, 4.69) is 10.6 Å². The van der Waals surface area contributed by atoms with Gasteiger partial charge in [-0.2, -0.15) is 0 Å². The van der Waals surface area contributed by atoms with Crippen LogP contribution in [0.1, 0.15) is 23.6 Å². The largest absolute Gasteiger partial charge is 0.466 e. The highest BCUT2D eigenvalue weighted by molar-refractivity contribution is 6.03. The third-order valence-corrected chi connectivity index (χ3v) is 4.99. The van der Waals surface area contributed by atoms with Gasteiger partial charge in [0, 0.05) is 22.5 Å². The molecule has 1 aliphatic rings. The molecule has 0 amide bonds. The van der Waals surface area contributed by atoms with Crippen LogP contribution in [0.25, 0.3) is 11.3 Å². The number of fused-ring (bicyclic) bond motifs is 1. The number of carbonyl (C=O) groups is 1. The third-order valence-electron chi connectivity index (χ3n) is 4.99. The summed E-state index contributed by atoms with van der Waals surface area (Å²) in [6.45, 7) is 2.18. The van der Waals surface area contributed by atoms with E-state index >= 15 is 0 Å². The Bertz CT molecular complexity index is 1060. The molecule has 5 nitrogen and oxygen atoms in total. The maximum atomic E-state index is 11.7. The molecule has 1 aliphatic heterocycles. The van der Waals surface area contributed by atoms with Crippen molar-refractivity contribution >= 4 is 28.6 Å². The first-order valence-corrected chi connectivity index (χ1v) is 10.0. The number of anilines is 2. The van der Waals surface area contributed by atoms with Crippen molar-refractivity contribution in [1.82, 2.24) is 0 Å². The zero-order valence-electron chi connectivity index (χ0n) is 16.8. The van der Waals surface area contributed by atoms with Crippen molar-refractivity contribution in [2.24, 2.45) is 0 Å². The molecule has 0 saturated carbocycles. The quantitative estimate of drug-likeness (QED) is 0.531. The number of aliphatic hydroxyl groups is 1. The molecule has 0 fully saturated rings. The maximum Gasteiger partial charge on any atom is 0.310 e. The summed E-state index contributed by atoms with van der Waals surface area (Å²) in [7, 11) is 0. The molecule has 1 atom stereocenters. The minimum Gasteiger partial charge on any atom is -0.466 e. The second-order valence-electron chi connectivity index (χ2n) is 7.05. The van der Waals surface area contributed by atoms with Gasteiger partial charge in [0.1, 0.15) is 0 Å². The molecule has 0 radical (unpaired) electrons. The van der Waals surface area contributed by atoms with Crippen LogP contribution in [-0.2, 0) is 16.0 Å². The van der Waals surface area contributed by atoms with Crippen LogP contribution >= 0.6 is 0 Å². The van der Waals surface area contributed by atoms with Crippen molar-refractivity contribution in [2.75, 3.05) is 17.2 Å². The molecule has 0 saturated heterocycles. The summed E-state index contributed by atoms with van der Waals surface area (Å²) in [5.41, 5.74) is 6.23. The van der Waals surface area contributed by atoms with E-state index < -0.39 is 6.23 Å². The summed E-state index contributed by atoms with van der Waals surface area (Å²) in [6, 6.07) is 25.5. The average molecular weight is 400 g/mol. The molecule has 30 heavy (non-hydrogen) atoms. The van der Waals surface area contributed by atoms with Crippen LogP contribution in [0.3, 0.4) is 0 Å². The predicted octanol–water partition coefficient (Wildman–Crippen LogP) is 4.52. The summed E-state index contributed by atoms with van der Waals surface area (Å²) in [5, 5.41) is 17.4. The van der Waals surface area contributed by atoms with Crippen LogP contribution in [0.2, 0.25) is 0 Å². The van der Waals surface area contributed by atoms with E-state index in [1.54, 1.807) is 6.92 Å². The number of ether oxygens (including phenoxy) is 1. The zero-order valence-corrected chi connectivity index (χ0v) is 16.8. The second-order valence-corrected chi connectivity index (χ2v) is 7.05. The zero-order chi connectivity index (χ0) is 20.9. The Labute approximate surface area is 176 Å². The highest BCUT2D eigenvalue weighted by Crippen LogP contribution is 2.39. The van der Waals surface area contributed by atoms with E-state index in [-0.39, 0.29) is 12.4 Å². The Morgan fingerprint density at radius 3 is 2.43 bits per heavy atom. The second kappa shape index (κ2) is 8.84. The van der Waals surface area contributed by atoms with Gasteiger partial charge < -0.3 is 20.5 Å². The number of benzene rings is 3. The average Bonchev–Trinajstić information content (AvgIpc) is 3.09. The van der Waals surface area contributed by atoms with Crippen LogP contribution in [-0.4, -0.2) is 23.9 Å². The number of hydrogen-bond donors (Lipinski definition) is 3. The lowest BCUT2D eigenvalue weighted by atomic mass is 9.99. The fourth-order valence-electron chi connectivity index (χ4n) is 3.61. The third kappa shape index (κ3) is 4.21. The summed E-state index contributed by atoms with van der Waals surface area (Å²) in [4.78, 5) is 11.7. The topological polar surface area (TPSA) is 70.6 Å². The molecule has 3 aromatic rings. The molecule has 1 unspecified atom stereocenters. The maximum absolute atomic E-state index is 11.7. The molecular formula is C25H24N2O3. The summed E-state index contributed by atoms with van der Waals surface area (Å²) in [5.74, 6) is -0.234. The molecule has 1 heterocycles. The fraction of sp³-hybridized carbons (Fsp3) is 0.160. The molecule has 4 rings (SSSR count). The summed E-state index contributed by atoms with van der Waals surface area (Å²) in [6.07, 6.45) is -0.565. The number of carbonyl (C=O) groups excluding carboxylic acids is 1. The van der Waals surface area contributed by atoms with E-state index in [4.69, 9.17) is 4.74 Å². The molecule has 152 valence electrons. The molecule has 0 bridgehead atoms. The standard InChI is InChI=1S/C25H24N2O3/c1-2-30-22(28)16-17-12-14-19(15-13-17)26-24(18-8-4-3-5-9-18)23-20-10-6-7-11-21(20)27-25(23)29/h3-15,25-27,29H,2,16H2,1H3/b24-23-. The first-order valence-electron chi connectivity index (χ1n) is 10.0. The summed E-state index contributed by atoms with van der Waals surface area (Å²) < 4.78 is 5.01. The number of nitrogens with one attached hydrogen (secondary N) is 2. The van der Waals surface area contributed by atoms with Gasteiger partial charge in [0.15, 0.2) is 6.23 Å². The van der Waals surface area contributed by atoms with Gasteiger partial charge in [0.25, 0.3) is 0 Å². The lowest BCUT2D eigenvalue weighted by molar-refractivity contribution is -0.142. The Morgan fingerprint density at radius 1 is 1.00 bits per heavy atom. The van der Waals surface area contributed by atoms with Gasteiger partial charge >= 0.3 is 5.97 Å². The van der Waals surface area contributed by atoms with Gasteiger partial charge in [-0.15, -0.1) is 0 Å². The Morgan fingerprint density at radius 2 is 1.70 bits per heavy atom. The number of aliphatic hydroxyl groups excluding tert-OH is 1. The van der Waals surface area contributed by atoms with Crippen LogP contribution in [0.4, 0.5) is 11.4 Å². The number of esters is 1. The highest BCUT2D eigenvalue weighted by Gasteiger charge is 2.28. The van der Waals surface area contributed by atoms with Gasteiger partial charge in [-0.1, -0.05) is 60.7 Å². The van der Waals surface area contributed by atoms with Gasteiger partial charge in [0.05, 0.1) is 18.7 Å². The normalized spacial score (nSPS) is 16.4. The van der Waals surface area contributed by atoms with E-state index in [0.29, 0.717) is 6.61 Å². The van der Waals surface area contributed by atoms with Crippen molar-refractivity contribution in [2.45, 2.75) is 19.6 Å². The van der Waals surface area contributed by atoms with E-state index in [1.807, 2.05) is 78.9 Å². The van der Waals surface area contributed by atoms with Crippen molar-refractivity contribution in [3.8, 4) is 0 Å². The Balaban J connectivity index is 1.68. The molecule has 3 aromatic carbocycles. The smallest absolute Gasteiger partial charge is 0.310 e. The first-order chi connectivity index (χ1) is 14.7. The minimum atomic E-state index is -0.812. The van der Waals surface area contributed by atoms with Gasteiger partial charge in [-0.25, -0.2) is 0 Å². The highest BCUT2D eigenvalue weighted by atomic mass is 16.5. The van der Waals surface area contributed by atoms with Crippen molar-refractivity contribution < 1.29 is 14.6 Å². The monoisotopic (exact) mass is 400 g/mol. The van der Waals surface area contributed by atoms with Crippen LogP contribution in [0, 0.1) is 0 Å². The van der Waals surface area contributed by atoms with Gasteiger partial charge in [-0.3, -0.25) is 4.79 Å². The van der Waals surface area contributed by atoms with Crippen molar-refractivity contribution in [3.05, 3.63) is 95.6 Å². The van der Waals surface area contributed by atoms with Gasteiger partial charge in [0.2, 0.25) is 0 Å². The lowest BCUT2D eigenvalue weighted by Crippen LogP contribution is -2.16. The van der Waals surface area contributed by atoms with Crippen LogP contribution in [0.15, 0.2) is 78.9 Å². The van der Waals surface area contributed by atoms with Crippen molar-refractivity contribution in [1.29, 1.82) is 0 Å². The Kier molecular flexibility index (Phi) is 5.82. The van der Waals surface area contributed by atoms with E-state index in [1.165, 1.54) is 0 Å². The number of para-hydroxylation sites is 1. The molecule has 0 aliphatic carbocycles. The van der Waals surface area contributed by atoms with E-state index in [0.717, 1.165) is 39.3 Å². The molecule has 5 heteroatoms. The Hall–Kier alpha value is -3.57. The molecular weight excluding hydrogens is 376 g/mol. The lowest BCUT2D eigenvalue weighted by Gasteiger charge is -2.18. The molecule has 3 N–H and O–H groups in total. The minimum absolute atomic E-state index is 0.234. The SMILES string of the molecule is CCOC(=O)Cc1ccc(N/C(=C2/c3ccccc3NC2O)c2ccccc2)cc1. The van der Waals surface area contributed by atoms with Crippen LogP contribution in [0.5, 0.6) is 0 Å². The van der Waals surface area contributed by atoms with E-state index in [9.17, 15) is 9.90 Å². The van der Waals surface area contributed by atoms with Gasteiger partial charge in [-0.05, 0) is 36.2 Å².